The van der Waals surface area contributed by atoms with Gasteiger partial charge in [0.1, 0.15) is 5.75 Å². The molecule has 0 saturated heterocycles. The predicted octanol–water partition coefficient (Wildman–Crippen LogP) is 2.94. The SMILES string of the molecule is CCC(=O)c1cc(OC)ccc1Cl. The van der Waals surface area contributed by atoms with Crippen LogP contribution in [0.25, 0.3) is 0 Å². The van der Waals surface area contributed by atoms with Crippen LogP contribution in [0.1, 0.15) is 23.7 Å². The Morgan fingerprint density at radius 3 is 2.77 bits per heavy atom. The molecular weight excluding hydrogens is 188 g/mol. The van der Waals surface area contributed by atoms with Crippen molar-refractivity contribution in [1.29, 1.82) is 0 Å². The van der Waals surface area contributed by atoms with Crippen molar-refractivity contribution >= 4 is 17.4 Å². The van der Waals surface area contributed by atoms with Crippen molar-refractivity contribution in [3.05, 3.63) is 28.8 Å². The second-order valence-electron chi connectivity index (χ2n) is 2.62. The molecule has 0 unspecified atom stereocenters. The topological polar surface area (TPSA) is 26.3 Å². The van der Waals surface area contributed by atoms with Gasteiger partial charge < -0.3 is 4.74 Å². The molecule has 0 bridgehead atoms. The summed E-state index contributed by atoms with van der Waals surface area (Å²) in [4.78, 5) is 11.4. The van der Waals surface area contributed by atoms with Gasteiger partial charge in [0.2, 0.25) is 0 Å². The van der Waals surface area contributed by atoms with E-state index in [-0.39, 0.29) is 5.78 Å². The van der Waals surface area contributed by atoms with Crippen LogP contribution in [-0.4, -0.2) is 12.9 Å². The number of hydrogen-bond donors (Lipinski definition) is 0. The molecule has 0 aliphatic heterocycles. The van der Waals surface area contributed by atoms with E-state index in [0.717, 1.165) is 0 Å². The molecule has 0 amide bonds. The van der Waals surface area contributed by atoms with Crippen LogP contribution < -0.4 is 4.74 Å². The van der Waals surface area contributed by atoms with Crippen molar-refractivity contribution in [2.24, 2.45) is 0 Å². The van der Waals surface area contributed by atoms with Crippen molar-refractivity contribution in [3.8, 4) is 5.75 Å². The molecule has 1 aromatic carbocycles. The van der Waals surface area contributed by atoms with Crippen LogP contribution in [0.4, 0.5) is 0 Å². The van der Waals surface area contributed by atoms with E-state index in [4.69, 9.17) is 16.3 Å². The number of rotatable bonds is 3. The van der Waals surface area contributed by atoms with Gasteiger partial charge in [-0.3, -0.25) is 4.79 Å². The van der Waals surface area contributed by atoms with Crippen LogP contribution >= 0.6 is 11.6 Å². The molecule has 13 heavy (non-hydrogen) atoms. The first-order valence-electron chi connectivity index (χ1n) is 4.05. The van der Waals surface area contributed by atoms with E-state index >= 15 is 0 Å². The smallest absolute Gasteiger partial charge is 0.164 e. The first kappa shape index (κ1) is 10.1. The molecule has 1 rings (SSSR count). The van der Waals surface area contributed by atoms with Gasteiger partial charge in [-0.1, -0.05) is 18.5 Å². The number of benzene rings is 1. The third kappa shape index (κ3) is 2.22. The minimum Gasteiger partial charge on any atom is -0.497 e. The lowest BCUT2D eigenvalue weighted by atomic mass is 10.1. The third-order valence-corrected chi connectivity index (χ3v) is 2.12. The first-order valence-corrected chi connectivity index (χ1v) is 4.43. The molecule has 0 fully saturated rings. The maximum Gasteiger partial charge on any atom is 0.164 e. The fourth-order valence-corrected chi connectivity index (χ4v) is 1.26. The van der Waals surface area contributed by atoms with E-state index in [2.05, 4.69) is 0 Å². The highest BCUT2D eigenvalue weighted by molar-refractivity contribution is 6.34. The Morgan fingerprint density at radius 2 is 2.23 bits per heavy atom. The van der Waals surface area contributed by atoms with Crippen LogP contribution in [0, 0.1) is 0 Å². The highest BCUT2D eigenvalue weighted by atomic mass is 35.5. The van der Waals surface area contributed by atoms with E-state index < -0.39 is 0 Å². The van der Waals surface area contributed by atoms with E-state index in [1.165, 1.54) is 0 Å². The van der Waals surface area contributed by atoms with Gasteiger partial charge in [-0.05, 0) is 18.2 Å². The predicted molar refractivity (Wildman–Crippen MR) is 52.6 cm³/mol. The number of carbonyl (C=O) groups excluding carboxylic acids is 1. The summed E-state index contributed by atoms with van der Waals surface area (Å²) in [6.45, 7) is 1.80. The lowest BCUT2D eigenvalue weighted by molar-refractivity contribution is 0.0988. The Hall–Kier alpha value is -1.02. The lowest BCUT2D eigenvalue weighted by Crippen LogP contribution is -1.98. The molecule has 0 aromatic heterocycles. The van der Waals surface area contributed by atoms with Gasteiger partial charge in [0.25, 0.3) is 0 Å². The average molecular weight is 199 g/mol. The summed E-state index contributed by atoms with van der Waals surface area (Å²) in [5, 5.41) is 0.479. The second kappa shape index (κ2) is 4.28. The minimum atomic E-state index is 0.0314. The summed E-state index contributed by atoms with van der Waals surface area (Å²) >= 11 is 5.85. The number of hydrogen-bond acceptors (Lipinski definition) is 2. The van der Waals surface area contributed by atoms with E-state index in [0.29, 0.717) is 22.8 Å². The molecule has 2 nitrogen and oxygen atoms in total. The maximum atomic E-state index is 11.4. The number of methoxy groups -OCH3 is 1. The normalized spacial score (nSPS) is 9.77. The van der Waals surface area contributed by atoms with E-state index in [1.54, 1.807) is 32.2 Å². The highest BCUT2D eigenvalue weighted by Gasteiger charge is 2.08. The molecule has 0 aliphatic rings. The van der Waals surface area contributed by atoms with Crippen LogP contribution in [0.15, 0.2) is 18.2 Å². The maximum absolute atomic E-state index is 11.4. The molecule has 0 saturated carbocycles. The average Bonchev–Trinajstić information content (AvgIpc) is 2.17. The van der Waals surface area contributed by atoms with Gasteiger partial charge in [-0.15, -0.1) is 0 Å². The minimum absolute atomic E-state index is 0.0314. The van der Waals surface area contributed by atoms with E-state index in [1.807, 2.05) is 0 Å². The summed E-state index contributed by atoms with van der Waals surface area (Å²) in [5.41, 5.74) is 0.531. The van der Waals surface area contributed by atoms with Gasteiger partial charge in [0, 0.05) is 12.0 Å². The summed E-state index contributed by atoms with van der Waals surface area (Å²) in [6, 6.07) is 5.06. The molecule has 1 aromatic rings. The molecular formula is C10H11ClO2. The fourth-order valence-electron chi connectivity index (χ4n) is 1.04. The number of ketones is 1. The Bertz CT molecular complexity index is 321. The van der Waals surface area contributed by atoms with Crippen molar-refractivity contribution < 1.29 is 9.53 Å². The van der Waals surface area contributed by atoms with Crippen LogP contribution in [0.3, 0.4) is 0 Å². The van der Waals surface area contributed by atoms with Gasteiger partial charge in [0.05, 0.1) is 12.1 Å². The van der Waals surface area contributed by atoms with Crippen molar-refractivity contribution in [1.82, 2.24) is 0 Å². The molecule has 0 atom stereocenters. The standard InChI is InChI=1S/C10H11ClO2/c1-3-10(12)8-6-7(13-2)4-5-9(8)11/h4-6H,3H2,1-2H3. The molecule has 0 radical (unpaired) electrons. The highest BCUT2D eigenvalue weighted by Crippen LogP contribution is 2.22. The lowest BCUT2D eigenvalue weighted by Gasteiger charge is -2.04. The molecule has 0 spiro atoms. The van der Waals surface area contributed by atoms with Crippen LogP contribution in [0.5, 0.6) is 5.75 Å². The molecule has 0 N–H and O–H groups in total. The Morgan fingerprint density at radius 1 is 1.54 bits per heavy atom. The first-order chi connectivity index (χ1) is 6.19. The summed E-state index contributed by atoms with van der Waals surface area (Å²) in [6.07, 6.45) is 0.451. The van der Waals surface area contributed by atoms with Gasteiger partial charge in [-0.2, -0.15) is 0 Å². The van der Waals surface area contributed by atoms with Gasteiger partial charge in [-0.25, -0.2) is 0 Å². The Kier molecular flexibility index (Phi) is 3.32. The second-order valence-corrected chi connectivity index (χ2v) is 3.03. The van der Waals surface area contributed by atoms with Crippen molar-refractivity contribution in [2.45, 2.75) is 13.3 Å². The zero-order valence-corrected chi connectivity index (χ0v) is 8.39. The monoisotopic (exact) mass is 198 g/mol. The number of ether oxygens (including phenoxy) is 1. The molecule has 3 heteroatoms. The Labute approximate surface area is 82.5 Å². The zero-order valence-electron chi connectivity index (χ0n) is 7.63. The van der Waals surface area contributed by atoms with Crippen LogP contribution in [-0.2, 0) is 0 Å². The van der Waals surface area contributed by atoms with Crippen LogP contribution in [0.2, 0.25) is 5.02 Å². The zero-order chi connectivity index (χ0) is 9.84. The van der Waals surface area contributed by atoms with Crippen molar-refractivity contribution in [2.75, 3.05) is 7.11 Å². The third-order valence-electron chi connectivity index (χ3n) is 1.80. The number of halogens is 1. The molecule has 0 aliphatic carbocycles. The quantitative estimate of drug-likeness (QED) is 0.698. The van der Waals surface area contributed by atoms with Gasteiger partial charge in [0.15, 0.2) is 5.78 Å². The summed E-state index contributed by atoms with van der Waals surface area (Å²) < 4.78 is 4.99. The summed E-state index contributed by atoms with van der Waals surface area (Å²) in [7, 11) is 1.56. The van der Waals surface area contributed by atoms with E-state index in [9.17, 15) is 4.79 Å². The molecule has 70 valence electrons. The summed E-state index contributed by atoms with van der Waals surface area (Å²) in [5.74, 6) is 0.685. The van der Waals surface area contributed by atoms with Crippen molar-refractivity contribution in [3.63, 3.8) is 0 Å². The fraction of sp³-hybridized carbons (Fsp3) is 0.300. The Balaban J connectivity index is 3.11. The number of Topliss-reactive ketones (excluding diaryl/α,β-unsaturated/α-hetero) is 1. The molecule has 0 heterocycles. The largest absolute Gasteiger partial charge is 0.497 e. The number of carbonyl (C=O) groups is 1. The van der Waals surface area contributed by atoms with Gasteiger partial charge >= 0.3 is 0 Å².